The summed E-state index contributed by atoms with van der Waals surface area (Å²) in [6.07, 6.45) is 0.927. The molecule has 1 aliphatic heterocycles. The number of carbonyl (C=O) groups is 3. The number of aromatic nitrogens is 2. The van der Waals surface area contributed by atoms with E-state index in [1.807, 2.05) is 6.92 Å². The van der Waals surface area contributed by atoms with E-state index in [-0.39, 0.29) is 11.6 Å². The molecule has 1 aromatic rings. The van der Waals surface area contributed by atoms with E-state index in [1.165, 1.54) is 4.90 Å². The summed E-state index contributed by atoms with van der Waals surface area (Å²) in [4.78, 5) is 37.0. The first-order valence-corrected chi connectivity index (χ1v) is 7.41. The number of hydrogen-bond donors (Lipinski definition) is 2. The zero-order valence-corrected chi connectivity index (χ0v) is 12.9. The Balaban J connectivity index is 2.19. The molecule has 0 spiro atoms. The fraction of sp³-hybridized carbons (Fsp3) is 0.583. The van der Waals surface area contributed by atoms with E-state index in [0.717, 1.165) is 24.3 Å². The van der Waals surface area contributed by atoms with Gasteiger partial charge >= 0.3 is 0 Å². The number of amides is 3. The maximum absolute atomic E-state index is 12.5. The Morgan fingerprint density at radius 1 is 1.43 bits per heavy atom. The van der Waals surface area contributed by atoms with E-state index in [2.05, 4.69) is 20.8 Å². The van der Waals surface area contributed by atoms with Crippen LogP contribution in [0, 0.1) is 0 Å². The van der Waals surface area contributed by atoms with Crippen molar-refractivity contribution in [3.05, 3.63) is 5.01 Å². The summed E-state index contributed by atoms with van der Waals surface area (Å²) >= 11 is 1.11. The largest absolute Gasteiger partial charge is 0.360 e. The van der Waals surface area contributed by atoms with Gasteiger partial charge in [-0.3, -0.25) is 19.7 Å². The van der Waals surface area contributed by atoms with Gasteiger partial charge in [-0.2, -0.15) is 0 Å². The van der Waals surface area contributed by atoms with E-state index in [4.69, 9.17) is 0 Å². The van der Waals surface area contributed by atoms with Gasteiger partial charge in [-0.25, -0.2) is 0 Å². The summed E-state index contributed by atoms with van der Waals surface area (Å²) in [6.45, 7) is 5.75. The molecule has 1 aromatic heterocycles. The molecule has 1 aliphatic rings. The van der Waals surface area contributed by atoms with E-state index in [1.54, 1.807) is 13.8 Å². The number of rotatable bonds is 4. The van der Waals surface area contributed by atoms with Crippen molar-refractivity contribution in [2.45, 2.75) is 32.7 Å². The molecule has 0 atom stereocenters. The van der Waals surface area contributed by atoms with Crippen LogP contribution in [-0.2, 0) is 9.59 Å². The van der Waals surface area contributed by atoms with E-state index in [9.17, 15) is 14.4 Å². The Kier molecular flexibility index (Phi) is 4.21. The molecule has 0 bridgehead atoms. The summed E-state index contributed by atoms with van der Waals surface area (Å²) in [5, 5.41) is 13.7. The molecule has 1 saturated heterocycles. The fourth-order valence-electron chi connectivity index (χ4n) is 1.84. The van der Waals surface area contributed by atoms with E-state index >= 15 is 0 Å². The average molecular weight is 311 g/mol. The number of hydrogen-bond acceptors (Lipinski definition) is 7. The van der Waals surface area contributed by atoms with Crippen LogP contribution in [0.15, 0.2) is 0 Å². The Bertz CT molecular complexity index is 583. The molecule has 0 unspecified atom stereocenters. The molecule has 3 amide bonds. The molecule has 2 N–H and O–H groups in total. The van der Waals surface area contributed by atoms with Gasteiger partial charge in [0.2, 0.25) is 16.0 Å². The molecule has 1 fully saturated rings. The zero-order chi connectivity index (χ0) is 15.6. The summed E-state index contributed by atoms with van der Waals surface area (Å²) in [5.41, 5.74) is -1.10. The van der Waals surface area contributed by atoms with Crippen molar-refractivity contribution in [3.8, 4) is 0 Å². The third-order valence-electron chi connectivity index (χ3n) is 3.16. The summed E-state index contributed by atoms with van der Waals surface area (Å²) in [7, 11) is 0. The van der Waals surface area contributed by atoms with Crippen molar-refractivity contribution in [2.75, 3.05) is 18.4 Å². The molecule has 2 rings (SSSR count). The minimum atomic E-state index is -1.10. The van der Waals surface area contributed by atoms with Gasteiger partial charge in [0.05, 0.1) is 0 Å². The van der Waals surface area contributed by atoms with Crippen molar-refractivity contribution in [2.24, 2.45) is 0 Å². The molecule has 8 nitrogen and oxygen atoms in total. The topological polar surface area (TPSA) is 104 Å². The van der Waals surface area contributed by atoms with Gasteiger partial charge in [-0.15, -0.1) is 10.2 Å². The second-order valence-corrected chi connectivity index (χ2v) is 6.14. The SMILES string of the molecule is CCCNc1nnc(C(=O)N2CC(=O)NC(=O)C2(C)C)s1. The quantitative estimate of drug-likeness (QED) is 0.772. The molecule has 114 valence electrons. The van der Waals surface area contributed by atoms with Crippen LogP contribution in [0.1, 0.15) is 37.0 Å². The van der Waals surface area contributed by atoms with Crippen LogP contribution >= 0.6 is 11.3 Å². The number of nitrogens with zero attached hydrogens (tertiary/aromatic N) is 3. The first-order valence-electron chi connectivity index (χ1n) is 6.60. The summed E-state index contributed by atoms with van der Waals surface area (Å²) in [6, 6.07) is 0. The van der Waals surface area contributed by atoms with Crippen LogP contribution < -0.4 is 10.6 Å². The normalized spacial score (nSPS) is 17.6. The Hall–Kier alpha value is -2.03. The maximum atomic E-state index is 12.5. The average Bonchev–Trinajstić information content (AvgIpc) is 2.89. The van der Waals surface area contributed by atoms with Gasteiger partial charge in [0.25, 0.3) is 11.8 Å². The Morgan fingerprint density at radius 2 is 2.14 bits per heavy atom. The number of imide groups is 1. The van der Waals surface area contributed by atoms with Crippen molar-refractivity contribution in [1.82, 2.24) is 20.4 Å². The monoisotopic (exact) mass is 311 g/mol. The summed E-state index contributed by atoms with van der Waals surface area (Å²) < 4.78 is 0. The minimum Gasteiger partial charge on any atom is -0.360 e. The second-order valence-electron chi connectivity index (χ2n) is 5.17. The lowest BCUT2D eigenvalue weighted by molar-refractivity contribution is -0.143. The third kappa shape index (κ3) is 3.02. The number of nitrogens with one attached hydrogen (secondary N) is 2. The Labute approximate surface area is 125 Å². The van der Waals surface area contributed by atoms with Crippen LogP contribution in [0.3, 0.4) is 0 Å². The van der Waals surface area contributed by atoms with Crippen molar-refractivity contribution in [1.29, 1.82) is 0 Å². The standard InChI is InChI=1S/C12H17N5O3S/c1-4-5-13-11-16-15-8(21-11)9(19)17-6-7(18)14-10(20)12(17,2)3/h4-6H2,1-3H3,(H,13,16)(H,14,18,20). The lowest BCUT2D eigenvalue weighted by Gasteiger charge is -2.39. The predicted octanol–water partition coefficient (Wildman–Crippen LogP) is 0.237. The van der Waals surface area contributed by atoms with Gasteiger partial charge in [-0.05, 0) is 20.3 Å². The van der Waals surface area contributed by atoms with Gasteiger partial charge < -0.3 is 10.2 Å². The highest BCUT2D eigenvalue weighted by Crippen LogP contribution is 2.23. The first-order chi connectivity index (χ1) is 9.86. The van der Waals surface area contributed by atoms with E-state index in [0.29, 0.717) is 5.13 Å². The highest BCUT2D eigenvalue weighted by atomic mass is 32.1. The molecule has 0 aliphatic carbocycles. The molecule has 0 radical (unpaired) electrons. The smallest absolute Gasteiger partial charge is 0.286 e. The highest BCUT2D eigenvalue weighted by Gasteiger charge is 2.44. The molecular weight excluding hydrogens is 294 g/mol. The van der Waals surface area contributed by atoms with E-state index < -0.39 is 23.3 Å². The fourth-order valence-corrected chi connectivity index (χ4v) is 2.56. The van der Waals surface area contributed by atoms with Crippen LogP contribution in [-0.4, -0.2) is 51.4 Å². The number of carbonyl (C=O) groups excluding carboxylic acids is 3. The zero-order valence-electron chi connectivity index (χ0n) is 12.1. The molecule has 0 saturated carbocycles. The van der Waals surface area contributed by atoms with Crippen LogP contribution in [0.25, 0.3) is 0 Å². The highest BCUT2D eigenvalue weighted by molar-refractivity contribution is 7.17. The number of piperazine rings is 1. The van der Waals surface area contributed by atoms with Gasteiger partial charge in [0.1, 0.15) is 12.1 Å². The minimum absolute atomic E-state index is 0.157. The molecule has 21 heavy (non-hydrogen) atoms. The molecule has 9 heteroatoms. The maximum Gasteiger partial charge on any atom is 0.286 e. The molecule has 0 aromatic carbocycles. The van der Waals surface area contributed by atoms with Gasteiger partial charge in [0.15, 0.2) is 0 Å². The second kappa shape index (κ2) is 5.76. The third-order valence-corrected chi connectivity index (χ3v) is 4.03. The molecular formula is C12H17N5O3S. The molecule has 2 heterocycles. The van der Waals surface area contributed by atoms with Gasteiger partial charge in [-0.1, -0.05) is 18.3 Å². The summed E-state index contributed by atoms with van der Waals surface area (Å²) in [5.74, 6) is -1.47. The van der Waals surface area contributed by atoms with Crippen LogP contribution in [0.2, 0.25) is 0 Å². The lowest BCUT2D eigenvalue weighted by atomic mass is 9.98. The van der Waals surface area contributed by atoms with Crippen molar-refractivity contribution in [3.63, 3.8) is 0 Å². The number of anilines is 1. The first kappa shape index (κ1) is 15.4. The van der Waals surface area contributed by atoms with Crippen LogP contribution in [0.5, 0.6) is 0 Å². The van der Waals surface area contributed by atoms with Crippen molar-refractivity contribution < 1.29 is 14.4 Å². The lowest BCUT2D eigenvalue weighted by Crippen LogP contribution is -2.65. The predicted molar refractivity (Wildman–Crippen MR) is 77.0 cm³/mol. The Morgan fingerprint density at radius 3 is 2.81 bits per heavy atom. The van der Waals surface area contributed by atoms with Crippen LogP contribution in [0.4, 0.5) is 5.13 Å². The van der Waals surface area contributed by atoms with Gasteiger partial charge in [0, 0.05) is 6.54 Å². The van der Waals surface area contributed by atoms with Crippen molar-refractivity contribution >= 4 is 34.2 Å².